The number of amidine groups is 1. The second-order valence-corrected chi connectivity index (χ2v) is 7.09. The van der Waals surface area contributed by atoms with Crippen LogP contribution < -0.4 is 5.32 Å². The molecule has 1 saturated heterocycles. The fourth-order valence-electron chi connectivity index (χ4n) is 2.21. The van der Waals surface area contributed by atoms with E-state index in [1.807, 2.05) is 11.8 Å². The molecule has 0 radical (unpaired) electrons. The Bertz CT molecular complexity index is 265. The van der Waals surface area contributed by atoms with Crippen molar-refractivity contribution in [1.29, 1.82) is 0 Å². The molecule has 1 unspecified atom stereocenters. The van der Waals surface area contributed by atoms with Crippen LogP contribution in [0.15, 0.2) is 4.99 Å². The number of aliphatic imine (C=N–C) groups is 1. The maximum atomic E-state index is 4.78. The van der Waals surface area contributed by atoms with Crippen LogP contribution >= 0.6 is 11.8 Å². The summed E-state index contributed by atoms with van der Waals surface area (Å²) in [6.07, 6.45) is 1.16. The zero-order valence-electron chi connectivity index (χ0n) is 12.2. The lowest BCUT2D eigenvalue weighted by Gasteiger charge is -2.23. The molecule has 1 fully saturated rings. The molecule has 0 amide bonds. The molecule has 0 spiro atoms. The summed E-state index contributed by atoms with van der Waals surface area (Å²) in [5.41, 5.74) is 0.259. The first-order chi connectivity index (χ1) is 7.88. The Balaban J connectivity index is 2.54. The third-order valence-electron chi connectivity index (χ3n) is 3.87. The highest BCUT2D eigenvalue weighted by atomic mass is 32.2. The third kappa shape index (κ3) is 4.20. The van der Waals surface area contributed by atoms with E-state index in [0.29, 0.717) is 17.8 Å². The van der Waals surface area contributed by atoms with Gasteiger partial charge >= 0.3 is 0 Å². The van der Waals surface area contributed by atoms with Crippen molar-refractivity contribution in [1.82, 2.24) is 5.32 Å². The molecule has 1 aliphatic heterocycles. The average Bonchev–Trinajstić information content (AvgIpc) is 2.61. The molecule has 0 saturated carbocycles. The standard InChI is InChI=1S/C14H28N2S/c1-7-14(6)9-17-13(16-14)15-8-12(10(2)3)11(4)5/h10-12H,7-9H2,1-6H3,(H,15,16). The van der Waals surface area contributed by atoms with Gasteiger partial charge in [-0.2, -0.15) is 0 Å². The van der Waals surface area contributed by atoms with Crippen molar-refractivity contribution >= 4 is 16.9 Å². The van der Waals surface area contributed by atoms with E-state index < -0.39 is 0 Å². The Morgan fingerprint density at radius 3 is 2.29 bits per heavy atom. The molecule has 0 aromatic rings. The van der Waals surface area contributed by atoms with Crippen molar-refractivity contribution in [2.45, 2.75) is 53.5 Å². The predicted octanol–water partition coefficient (Wildman–Crippen LogP) is 3.78. The van der Waals surface area contributed by atoms with E-state index in [4.69, 9.17) is 4.99 Å². The van der Waals surface area contributed by atoms with E-state index in [-0.39, 0.29) is 5.54 Å². The molecule has 1 N–H and O–H groups in total. The first-order valence-corrected chi connectivity index (χ1v) is 7.82. The molecular formula is C14H28N2S. The minimum absolute atomic E-state index is 0.259. The average molecular weight is 256 g/mol. The highest BCUT2D eigenvalue weighted by Gasteiger charge is 2.30. The third-order valence-corrected chi connectivity index (χ3v) is 5.16. The van der Waals surface area contributed by atoms with E-state index in [1.165, 1.54) is 0 Å². The molecule has 100 valence electrons. The van der Waals surface area contributed by atoms with Crippen LogP contribution in [0.3, 0.4) is 0 Å². The van der Waals surface area contributed by atoms with Gasteiger partial charge in [-0.3, -0.25) is 4.99 Å². The Labute approximate surface area is 111 Å². The molecular weight excluding hydrogens is 228 g/mol. The summed E-state index contributed by atoms with van der Waals surface area (Å²) in [6, 6.07) is 0. The summed E-state index contributed by atoms with van der Waals surface area (Å²) < 4.78 is 0. The van der Waals surface area contributed by atoms with Crippen molar-refractivity contribution in [2.24, 2.45) is 22.7 Å². The minimum atomic E-state index is 0.259. The molecule has 1 aliphatic rings. The van der Waals surface area contributed by atoms with Crippen molar-refractivity contribution in [3.05, 3.63) is 0 Å². The molecule has 0 bridgehead atoms. The van der Waals surface area contributed by atoms with E-state index in [2.05, 4.69) is 46.9 Å². The molecule has 0 aromatic heterocycles. The Hall–Kier alpha value is -0.180. The van der Waals surface area contributed by atoms with E-state index in [1.54, 1.807) is 0 Å². The fourth-order valence-corrected chi connectivity index (χ4v) is 3.43. The largest absolute Gasteiger partial charge is 0.359 e. The topological polar surface area (TPSA) is 24.4 Å². The van der Waals surface area contributed by atoms with E-state index >= 15 is 0 Å². The van der Waals surface area contributed by atoms with Gasteiger partial charge in [-0.1, -0.05) is 46.4 Å². The van der Waals surface area contributed by atoms with Crippen LogP contribution in [0, 0.1) is 17.8 Å². The molecule has 1 heterocycles. The highest BCUT2D eigenvalue weighted by molar-refractivity contribution is 8.14. The van der Waals surface area contributed by atoms with Gasteiger partial charge < -0.3 is 5.32 Å². The van der Waals surface area contributed by atoms with E-state index in [0.717, 1.165) is 23.9 Å². The molecule has 3 heteroatoms. The number of nitrogens with one attached hydrogen (secondary N) is 1. The summed E-state index contributed by atoms with van der Waals surface area (Å²) in [4.78, 5) is 4.78. The second-order valence-electron chi connectivity index (χ2n) is 6.13. The van der Waals surface area contributed by atoms with Gasteiger partial charge in [0.2, 0.25) is 0 Å². The van der Waals surface area contributed by atoms with Crippen LogP contribution in [0.1, 0.15) is 48.0 Å². The Morgan fingerprint density at radius 2 is 1.88 bits per heavy atom. The lowest BCUT2D eigenvalue weighted by molar-refractivity contribution is 0.297. The number of nitrogens with zero attached hydrogens (tertiary/aromatic N) is 1. The maximum Gasteiger partial charge on any atom is 0.157 e. The Morgan fingerprint density at radius 1 is 1.29 bits per heavy atom. The predicted molar refractivity (Wildman–Crippen MR) is 79.8 cm³/mol. The van der Waals surface area contributed by atoms with E-state index in [9.17, 15) is 0 Å². The number of rotatable bonds is 5. The summed E-state index contributed by atoms with van der Waals surface area (Å²) in [5, 5.41) is 4.72. The highest BCUT2D eigenvalue weighted by Crippen LogP contribution is 2.27. The lowest BCUT2D eigenvalue weighted by Crippen LogP contribution is -2.39. The van der Waals surface area contributed by atoms with Crippen LogP contribution in [0.5, 0.6) is 0 Å². The van der Waals surface area contributed by atoms with Crippen molar-refractivity contribution in [3.63, 3.8) is 0 Å². The molecule has 2 nitrogen and oxygen atoms in total. The van der Waals surface area contributed by atoms with Crippen LogP contribution in [0.25, 0.3) is 0 Å². The summed E-state index contributed by atoms with van der Waals surface area (Å²) in [6.45, 7) is 14.7. The molecule has 1 rings (SSSR count). The van der Waals surface area contributed by atoms with Crippen molar-refractivity contribution in [3.8, 4) is 0 Å². The van der Waals surface area contributed by atoms with Gasteiger partial charge in [0.15, 0.2) is 5.17 Å². The number of hydrogen-bond donors (Lipinski definition) is 1. The van der Waals surface area contributed by atoms with Crippen LogP contribution in [0.2, 0.25) is 0 Å². The van der Waals surface area contributed by atoms with Crippen molar-refractivity contribution < 1.29 is 0 Å². The summed E-state index contributed by atoms with van der Waals surface area (Å²) in [5.74, 6) is 3.26. The molecule has 0 aliphatic carbocycles. The van der Waals surface area contributed by atoms with Gasteiger partial charge in [-0.15, -0.1) is 0 Å². The molecule has 1 atom stereocenters. The Kier molecular flexibility index (Phi) is 5.36. The SMILES string of the molecule is CCC1(C)CSC(=NCC(C(C)C)C(C)C)N1. The minimum Gasteiger partial charge on any atom is -0.359 e. The van der Waals surface area contributed by atoms with Gasteiger partial charge in [0, 0.05) is 17.8 Å². The first-order valence-electron chi connectivity index (χ1n) is 6.83. The van der Waals surface area contributed by atoms with Gasteiger partial charge in [-0.05, 0) is 31.1 Å². The van der Waals surface area contributed by atoms with Gasteiger partial charge in [0.1, 0.15) is 0 Å². The fraction of sp³-hybridized carbons (Fsp3) is 0.929. The summed E-state index contributed by atoms with van der Waals surface area (Å²) in [7, 11) is 0. The zero-order chi connectivity index (χ0) is 13.1. The van der Waals surface area contributed by atoms with Crippen LogP contribution in [-0.4, -0.2) is 23.0 Å². The van der Waals surface area contributed by atoms with Crippen molar-refractivity contribution in [2.75, 3.05) is 12.3 Å². The van der Waals surface area contributed by atoms with Gasteiger partial charge in [-0.25, -0.2) is 0 Å². The van der Waals surface area contributed by atoms with Crippen LogP contribution in [-0.2, 0) is 0 Å². The first kappa shape index (κ1) is 14.9. The molecule has 0 aromatic carbocycles. The lowest BCUT2D eigenvalue weighted by atomic mass is 9.86. The smallest absolute Gasteiger partial charge is 0.157 e. The number of thioether (sulfide) groups is 1. The second kappa shape index (κ2) is 6.12. The van der Waals surface area contributed by atoms with Crippen LogP contribution in [0.4, 0.5) is 0 Å². The zero-order valence-corrected chi connectivity index (χ0v) is 13.0. The summed E-state index contributed by atoms with van der Waals surface area (Å²) >= 11 is 1.88. The number of hydrogen-bond acceptors (Lipinski definition) is 2. The maximum absolute atomic E-state index is 4.78. The quantitative estimate of drug-likeness (QED) is 0.809. The normalized spacial score (nSPS) is 27.5. The molecule has 17 heavy (non-hydrogen) atoms. The van der Waals surface area contributed by atoms with Gasteiger partial charge in [0.05, 0.1) is 0 Å². The monoisotopic (exact) mass is 256 g/mol. The van der Waals surface area contributed by atoms with Gasteiger partial charge in [0.25, 0.3) is 0 Å².